The number of nitrogens with zero attached hydrogens (tertiary/aromatic N) is 1. The van der Waals surface area contributed by atoms with Crippen molar-refractivity contribution in [3.63, 3.8) is 0 Å². The van der Waals surface area contributed by atoms with Gasteiger partial charge in [0.05, 0.1) is 18.7 Å². The van der Waals surface area contributed by atoms with Crippen LogP contribution in [0.15, 0.2) is 36.5 Å². The molecule has 1 aromatic carbocycles. The molecule has 0 aliphatic heterocycles. The van der Waals surface area contributed by atoms with Crippen molar-refractivity contribution in [2.75, 3.05) is 5.32 Å². The summed E-state index contributed by atoms with van der Waals surface area (Å²) in [7, 11) is 0. The molecule has 23 heavy (non-hydrogen) atoms. The van der Waals surface area contributed by atoms with Crippen molar-refractivity contribution < 1.29 is 14.4 Å². The van der Waals surface area contributed by atoms with Gasteiger partial charge in [0.25, 0.3) is 5.91 Å². The van der Waals surface area contributed by atoms with E-state index in [-0.39, 0.29) is 23.1 Å². The largest absolute Gasteiger partial charge is 0.365 e. The molecule has 120 valence electrons. The molecule has 2 rings (SSSR count). The van der Waals surface area contributed by atoms with Crippen molar-refractivity contribution in [2.24, 2.45) is 5.73 Å². The van der Waals surface area contributed by atoms with Crippen LogP contribution in [0.25, 0.3) is 0 Å². The number of carbonyl (C=O) groups excluding carboxylic acids is 3. The monoisotopic (exact) mass is 332 g/mol. The lowest BCUT2D eigenvalue weighted by Crippen LogP contribution is -2.29. The molecule has 0 aliphatic rings. The maximum absolute atomic E-state index is 12.1. The standard InChI is InChI=1S/C15H16N4O3S/c1-9(20)18-11(10-5-3-2-4-6-10)7-13(21)19-15-17-8-12(23-15)14(16)22/h2-6,8,11H,7H2,1H3,(H2,16,22)(H,18,20)(H,17,19,21). The molecule has 0 bridgehead atoms. The van der Waals surface area contributed by atoms with Gasteiger partial charge in [-0.3, -0.25) is 14.4 Å². The van der Waals surface area contributed by atoms with Gasteiger partial charge in [0, 0.05) is 6.92 Å². The summed E-state index contributed by atoms with van der Waals surface area (Å²) in [4.78, 5) is 38.7. The van der Waals surface area contributed by atoms with Gasteiger partial charge in [-0.2, -0.15) is 0 Å². The van der Waals surface area contributed by atoms with E-state index >= 15 is 0 Å². The molecule has 1 atom stereocenters. The molecule has 2 aromatic rings. The number of rotatable bonds is 6. The highest BCUT2D eigenvalue weighted by atomic mass is 32.1. The van der Waals surface area contributed by atoms with Crippen LogP contribution in [-0.2, 0) is 9.59 Å². The van der Waals surface area contributed by atoms with Crippen LogP contribution in [0.5, 0.6) is 0 Å². The summed E-state index contributed by atoms with van der Waals surface area (Å²) >= 11 is 1.00. The van der Waals surface area contributed by atoms with Crippen LogP contribution in [0.1, 0.15) is 34.6 Å². The van der Waals surface area contributed by atoms with Crippen LogP contribution in [0.2, 0.25) is 0 Å². The van der Waals surface area contributed by atoms with E-state index in [0.717, 1.165) is 16.9 Å². The van der Waals surface area contributed by atoms with Gasteiger partial charge in [-0.15, -0.1) is 0 Å². The Hall–Kier alpha value is -2.74. The molecule has 1 heterocycles. The number of benzene rings is 1. The van der Waals surface area contributed by atoms with Gasteiger partial charge in [0.2, 0.25) is 11.8 Å². The van der Waals surface area contributed by atoms with Crippen LogP contribution in [0, 0.1) is 0 Å². The van der Waals surface area contributed by atoms with Gasteiger partial charge in [-0.25, -0.2) is 4.98 Å². The highest BCUT2D eigenvalue weighted by molar-refractivity contribution is 7.17. The highest BCUT2D eigenvalue weighted by Crippen LogP contribution is 2.20. The van der Waals surface area contributed by atoms with Gasteiger partial charge in [0.1, 0.15) is 4.88 Å². The average molecular weight is 332 g/mol. The SMILES string of the molecule is CC(=O)NC(CC(=O)Nc1ncc(C(N)=O)s1)c1ccccc1. The molecule has 4 N–H and O–H groups in total. The summed E-state index contributed by atoms with van der Waals surface area (Å²) in [5.74, 6) is -1.14. The van der Waals surface area contributed by atoms with Crippen molar-refractivity contribution in [3.8, 4) is 0 Å². The fourth-order valence-electron chi connectivity index (χ4n) is 1.98. The maximum Gasteiger partial charge on any atom is 0.260 e. The molecule has 0 spiro atoms. The lowest BCUT2D eigenvalue weighted by Gasteiger charge is -2.17. The second kappa shape index (κ2) is 7.50. The Kier molecular flexibility index (Phi) is 5.42. The lowest BCUT2D eigenvalue weighted by atomic mass is 10.0. The maximum atomic E-state index is 12.1. The van der Waals surface area contributed by atoms with E-state index in [1.165, 1.54) is 13.1 Å². The number of hydrogen-bond donors (Lipinski definition) is 3. The minimum Gasteiger partial charge on any atom is -0.365 e. The molecule has 1 aromatic heterocycles. The first-order valence-electron chi connectivity index (χ1n) is 6.83. The summed E-state index contributed by atoms with van der Waals surface area (Å²) in [6.07, 6.45) is 1.36. The van der Waals surface area contributed by atoms with E-state index in [0.29, 0.717) is 5.13 Å². The second-order valence-corrected chi connectivity index (χ2v) is 5.84. The van der Waals surface area contributed by atoms with Crippen molar-refractivity contribution >= 4 is 34.2 Å². The summed E-state index contributed by atoms with van der Waals surface area (Å²) in [5.41, 5.74) is 5.97. The summed E-state index contributed by atoms with van der Waals surface area (Å²) in [6, 6.07) is 8.76. The van der Waals surface area contributed by atoms with Crippen LogP contribution >= 0.6 is 11.3 Å². The van der Waals surface area contributed by atoms with E-state index in [1.807, 2.05) is 30.3 Å². The van der Waals surface area contributed by atoms with E-state index in [4.69, 9.17) is 5.73 Å². The third kappa shape index (κ3) is 4.89. The molecule has 0 saturated carbocycles. The van der Waals surface area contributed by atoms with Crippen LogP contribution in [0.4, 0.5) is 5.13 Å². The van der Waals surface area contributed by atoms with E-state index in [9.17, 15) is 14.4 Å². The zero-order valence-electron chi connectivity index (χ0n) is 12.4. The number of anilines is 1. The Labute approximate surface area is 136 Å². The topological polar surface area (TPSA) is 114 Å². The molecule has 7 nitrogen and oxygen atoms in total. The molecular formula is C15H16N4O3S. The zero-order chi connectivity index (χ0) is 16.8. The number of amides is 3. The van der Waals surface area contributed by atoms with Gasteiger partial charge in [-0.1, -0.05) is 41.7 Å². The average Bonchev–Trinajstić information content (AvgIpc) is 2.95. The number of thiazole rings is 1. The van der Waals surface area contributed by atoms with Crippen molar-refractivity contribution in [3.05, 3.63) is 47.0 Å². The quantitative estimate of drug-likeness (QED) is 0.742. The number of nitrogens with one attached hydrogen (secondary N) is 2. The van der Waals surface area contributed by atoms with Crippen LogP contribution in [-0.4, -0.2) is 22.7 Å². The lowest BCUT2D eigenvalue weighted by molar-refractivity contribution is -0.120. The molecule has 8 heteroatoms. The first-order chi connectivity index (χ1) is 11.0. The van der Waals surface area contributed by atoms with E-state index in [1.54, 1.807) is 0 Å². The number of aromatic nitrogens is 1. The number of primary amides is 1. The Morgan fingerprint density at radius 3 is 2.52 bits per heavy atom. The van der Waals surface area contributed by atoms with Gasteiger partial charge in [0.15, 0.2) is 5.13 Å². The molecule has 1 unspecified atom stereocenters. The normalized spacial score (nSPS) is 11.5. The van der Waals surface area contributed by atoms with Crippen LogP contribution in [0.3, 0.4) is 0 Å². The third-order valence-corrected chi connectivity index (χ3v) is 3.89. The van der Waals surface area contributed by atoms with E-state index in [2.05, 4.69) is 15.6 Å². The molecule has 0 fully saturated rings. The summed E-state index contributed by atoms with van der Waals surface area (Å²) in [5, 5.41) is 5.64. The highest BCUT2D eigenvalue weighted by Gasteiger charge is 2.18. The molecule has 0 radical (unpaired) electrons. The van der Waals surface area contributed by atoms with E-state index < -0.39 is 11.9 Å². The Balaban J connectivity index is 2.05. The van der Waals surface area contributed by atoms with Gasteiger partial charge in [-0.05, 0) is 5.56 Å². The molecule has 3 amide bonds. The zero-order valence-corrected chi connectivity index (χ0v) is 13.2. The van der Waals surface area contributed by atoms with Crippen molar-refractivity contribution in [1.82, 2.24) is 10.3 Å². The van der Waals surface area contributed by atoms with Gasteiger partial charge >= 0.3 is 0 Å². The Morgan fingerprint density at radius 1 is 1.26 bits per heavy atom. The fraction of sp³-hybridized carbons (Fsp3) is 0.200. The van der Waals surface area contributed by atoms with Crippen molar-refractivity contribution in [1.29, 1.82) is 0 Å². The first kappa shape index (κ1) is 16.6. The molecule has 0 aliphatic carbocycles. The minimum absolute atomic E-state index is 0.0507. The Morgan fingerprint density at radius 2 is 1.96 bits per heavy atom. The first-order valence-corrected chi connectivity index (χ1v) is 7.65. The number of nitrogens with two attached hydrogens (primary N) is 1. The number of carbonyl (C=O) groups is 3. The third-order valence-electron chi connectivity index (χ3n) is 2.96. The molecular weight excluding hydrogens is 316 g/mol. The predicted molar refractivity (Wildman–Crippen MR) is 86.9 cm³/mol. The molecule has 0 saturated heterocycles. The van der Waals surface area contributed by atoms with Crippen LogP contribution < -0.4 is 16.4 Å². The van der Waals surface area contributed by atoms with Gasteiger partial charge < -0.3 is 16.4 Å². The Bertz CT molecular complexity index is 715. The smallest absolute Gasteiger partial charge is 0.260 e. The predicted octanol–water partition coefficient (Wildman–Crippen LogP) is 1.45. The minimum atomic E-state index is -0.594. The summed E-state index contributed by atoms with van der Waals surface area (Å²) in [6.45, 7) is 1.40. The summed E-state index contributed by atoms with van der Waals surface area (Å²) < 4.78 is 0. The number of hydrogen-bond acceptors (Lipinski definition) is 5. The fourth-order valence-corrected chi connectivity index (χ4v) is 2.67. The van der Waals surface area contributed by atoms with Crippen molar-refractivity contribution in [2.45, 2.75) is 19.4 Å². The second-order valence-electron chi connectivity index (χ2n) is 4.81.